The minimum atomic E-state index is -4.06. The zero-order chi connectivity index (χ0) is 30.4. The number of carbonyl (C=O) groups is 1. The number of ether oxygens (including phenoxy) is 2. The van der Waals surface area contributed by atoms with Gasteiger partial charge in [0.25, 0.3) is 5.91 Å². The molecule has 2 bridgehead atoms. The smallest absolute Gasteiger partial charge is 0.264 e. The molecule has 43 heavy (non-hydrogen) atoms. The van der Waals surface area contributed by atoms with Gasteiger partial charge in [-0.25, -0.2) is 13.1 Å². The van der Waals surface area contributed by atoms with Gasteiger partial charge >= 0.3 is 0 Å². The summed E-state index contributed by atoms with van der Waals surface area (Å²) in [5.41, 5.74) is 3.25. The van der Waals surface area contributed by atoms with Gasteiger partial charge < -0.3 is 19.5 Å². The first kappa shape index (κ1) is 30.4. The van der Waals surface area contributed by atoms with Crippen LogP contribution in [-0.4, -0.2) is 63.7 Å². The van der Waals surface area contributed by atoms with E-state index in [4.69, 9.17) is 21.1 Å². The Hall–Kier alpha value is -2.59. The van der Waals surface area contributed by atoms with Crippen molar-refractivity contribution in [2.24, 2.45) is 11.8 Å². The van der Waals surface area contributed by atoms with E-state index < -0.39 is 33.4 Å². The SMILES string of the molecule is CC[C@@H]1[C@H](OC)C/C=C/C(O)C2CCC2CN2CC3(CCCc4cc(Cl)ccc43)COc3ccc(cc32)C(=O)NS1(=O)=O. The molecule has 2 aromatic rings. The number of nitrogens with one attached hydrogen (secondary N) is 1. The number of nitrogens with zero attached hydrogens (tertiary/aromatic N) is 1. The second kappa shape index (κ2) is 12.1. The normalized spacial score (nSPS) is 32.8. The Balaban J connectivity index is 1.42. The van der Waals surface area contributed by atoms with Gasteiger partial charge in [0, 0.05) is 36.2 Å². The Morgan fingerprint density at radius 3 is 2.79 bits per heavy atom. The van der Waals surface area contributed by atoms with Crippen LogP contribution in [0, 0.1) is 11.8 Å². The molecule has 10 heteroatoms. The number of rotatable bonds is 2. The lowest BCUT2D eigenvalue weighted by molar-refractivity contribution is 0.0451. The third-order valence-electron chi connectivity index (χ3n) is 10.1. The van der Waals surface area contributed by atoms with Crippen LogP contribution in [0.4, 0.5) is 5.69 Å². The van der Waals surface area contributed by atoms with Crippen LogP contribution in [0.1, 0.15) is 66.9 Å². The van der Waals surface area contributed by atoms with Crippen LogP contribution in [0.3, 0.4) is 0 Å². The van der Waals surface area contributed by atoms with Crippen LogP contribution in [0.2, 0.25) is 5.02 Å². The maximum absolute atomic E-state index is 13.5. The monoisotopic (exact) mass is 628 g/mol. The number of benzene rings is 2. The molecule has 2 aliphatic heterocycles. The van der Waals surface area contributed by atoms with Gasteiger partial charge in [0.05, 0.1) is 24.5 Å². The number of anilines is 1. The van der Waals surface area contributed by atoms with E-state index in [0.717, 1.165) is 42.8 Å². The van der Waals surface area contributed by atoms with Crippen molar-refractivity contribution < 1.29 is 27.8 Å². The number of hydrogen-bond donors (Lipinski definition) is 2. The van der Waals surface area contributed by atoms with Gasteiger partial charge in [0.2, 0.25) is 10.0 Å². The lowest BCUT2D eigenvalue weighted by atomic mass is 9.68. The van der Waals surface area contributed by atoms with E-state index in [1.807, 2.05) is 12.1 Å². The number of methoxy groups -OCH3 is 1. The summed E-state index contributed by atoms with van der Waals surface area (Å²) in [5.74, 6) is 0.333. The Labute approximate surface area is 259 Å². The number of hydrogen-bond acceptors (Lipinski definition) is 7. The van der Waals surface area contributed by atoms with Crippen LogP contribution >= 0.6 is 11.6 Å². The first-order valence-corrected chi connectivity index (χ1v) is 17.3. The van der Waals surface area contributed by atoms with E-state index >= 15 is 0 Å². The van der Waals surface area contributed by atoms with E-state index in [1.54, 1.807) is 31.2 Å². The number of fused-ring (bicyclic) bond motifs is 4. The topological polar surface area (TPSA) is 105 Å². The molecule has 0 saturated heterocycles. The molecule has 2 aromatic carbocycles. The van der Waals surface area contributed by atoms with Crippen LogP contribution in [0.5, 0.6) is 5.75 Å². The maximum Gasteiger partial charge on any atom is 0.264 e. The molecule has 1 spiro atoms. The molecule has 8 nitrogen and oxygen atoms in total. The van der Waals surface area contributed by atoms with E-state index in [9.17, 15) is 18.3 Å². The number of sulfonamides is 1. The number of aryl methyl sites for hydroxylation is 1. The molecule has 1 fully saturated rings. The van der Waals surface area contributed by atoms with Crippen LogP contribution in [0.15, 0.2) is 48.6 Å². The lowest BCUT2D eigenvalue weighted by Gasteiger charge is -2.45. The van der Waals surface area contributed by atoms with Crippen molar-refractivity contribution in [1.82, 2.24) is 4.72 Å². The average Bonchev–Trinajstić information content (AvgIpc) is 3.10. The first-order valence-electron chi connectivity index (χ1n) is 15.4. The van der Waals surface area contributed by atoms with Gasteiger partial charge in [0.1, 0.15) is 11.0 Å². The number of halogens is 1. The number of amides is 1. The molecule has 4 aliphatic rings. The number of aliphatic hydroxyl groups is 1. The molecule has 2 heterocycles. The Morgan fingerprint density at radius 1 is 1.21 bits per heavy atom. The fourth-order valence-electron chi connectivity index (χ4n) is 7.65. The van der Waals surface area contributed by atoms with Gasteiger partial charge in [-0.05, 0) is 98.2 Å². The highest BCUT2D eigenvalue weighted by atomic mass is 35.5. The van der Waals surface area contributed by atoms with Crippen LogP contribution < -0.4 is 14.4 Å². The quantitative estimate of drug-likeness (QED) is 0.450. The van der Waals surface area contributed by atoms with Crippen LogP contribution in [-0.2, 0) is 26.6 Å². The zero-order valence-electron chi connectivity index (χ0n) is 24.8. The highest BCUT2D eigenvalue weighted by molar-refractivity contribution is 7.90. The highest BCUT2D eigenvalue weighted by Crippen LogP contribution is 2.46. The summed E-state index contributed by atoms with van der Waals surface area (Å²) in [6, 6.07) is 11.3. The standard InChI is InChI=1S/C33H41ClN2O6S/c1-3-31-30(41-2)8-4-7-28(37)25-12-9-23(25)18-36-19-33(15-5-6-21-16-24(34)11-13-26(21)33)20-42-29-14-10-22(17-27(29)36)32(38)35-43(31,39)40/h4,7,10-11,13-14,16-17,23,25,28,30-31,37H,3,5-6,8-9,12,15,18-20H2,1-2H3,(H,35,38)/b7-4+/t23?,25?,28?,30-,31-,33?/m1/s1. The molecule has 2 N–H and O–H groups in total. The predicted octanol–water partition coefficient (Wildman–Crippen LogP) is 5.01. The van der Waals surface area contributed by atoms with Crippen LogP contribution in [0.25, 0.3) is 0 Å². The summed E-state index contributed by atoms with van der Waals surface area (Å²) < 4.78 is 41.3. The van der Waals surface area contributed by atoms with E-state index in [1.165, 1.54) is 18.2 Å². The third kappa shape index (κ3) is 5.81. The molecule has 232 valence electrons. The van der Waals surface area contributed by atoms with Gasteiger partial charge in [-0.1, -0.05) is 36.7 Å². The molecule has 6 rings (SSSR count). The molecule has 0 aromatic heterocycles. The Bertz CT molecular complexity index is 1510. The van der Waals surface area contributed by atoms with Gasteiger partial charge in [-0.15, -0.1) is 0 Å². The largest absolute Gasteiger partial charge is 0.490 e. The summed E-state index contributed by atoms with van der Waals surface area (Å²) in [5, 5.41) is 11.0. The summed E-state index contributed by atoms with van der Waals surface area (Å²) in [6.45, 7) is 3.63. The summed E-state index contributed by atoms with van der Waals surface area (Å²) >= 11 is 6.39. The lowest BCUT2D eigenvalue weighted by Crippen LogP contribution is -2.49. The number of carbonyl (C=O) groups excluding carboxylic acids is 1. The van der Waals surface area contributed by atoms with Crippen molar-refractivity contribution in [2.45, 2.75) is 74.7 Å². The van der Waals surface area contributed by atoms with Gasteiger partial charge in [-0.2, -0.15) is 0 Å². The molecule has 6 atom stereocenters. The Morgan fingerprint density at radius 2 is 2.05 bits per heavy atom. The molecule has 2 aliphatic carbocycles. The van der Waals surface area contributed by atoms with Crippen molar-refractivity contribution in [3.05, 3.63) is 70.3 Å². The van der Waals surface area contributed by atoms with Gasteiger partial charge in [-0.3, -0.25) is 4.79 Å². The molecular formula is C33H41ClN2O6S. The summed E-state index contributed by atoms with van der Waals surface area (Å²) in [7, 11) is -2.59. The first-order chi connectivity index (χ1) is 20.6. The zero-order valence-corrected chi connectivity index (χ0v) is 26.4. The van der Waals surface area contributed by atoms with E-state index in [2.05, 4.69) is 21.8 Å². The molecular weight excluding hydrogens is 588 g/mol. The van der Waals surface area contributed by atoms with Crippen molar-refractivity contribution in [3.63, 3.8) is 0 Å². The molecule has 1 saturated carbocycles. The summed E-state index contributed by atoms with van der Waals surface area (Å²) in [6.07, 6.45) is 7.74. The van der Waals surface area contributed by atoms with Crippen molar-refractivity contribution in [1.29, 1.82) is 0 Å². The predicted molar refractivity (Wildman–Crippen MR) is 167 cm³/mol. The summed E-state index contributed by atoms with van der Waals surface area (Å²) in [4.78, 5) is 15.8. The fraction of sp³-hybridized carbons (Fsp3) is 0.545. The third-order valence-corrected chi connectivity index (χ3v) is 12.3. The van der Waals surface area contributed by atoms with E-state index in [-0.39, 0.29) is 29.2 Å². The van der Waals surface area contributed by atoms with Crippen molar-refractivity contribution in [3.8, 4) is 5.75 Å². The average molecular weight is 629 g/mol. The van der Waals surface area contributed by atoms with Gasteiger partial charge in [0.15, 0.2) is 0 Å². The second-order valence-corrected chi connectivity index (χ2v) is 15.0. The van der Waals surface area contributed by atoms with Crippen molar-refractivity contribution >= 4 is 33.2 Å². The highest BCUT2D eigenvalue weighted by Gasteiger charge is 2.44. The number of aliphatic hydroxyl groups excluding tert-OH is 1. The molecule has 0 radical (unpaired) electrons. The van der Waals surface area contributed by atoms with Crippen molar-refractivity contribution in [2.75, 3.05) is 31.7 Å². The minimum absolute atomic E-state index is 0.0864. The fourth-order valence-corrected chi connectivity index (χ4v) is 9.43. The van der Waals surface area contributed by atoms with E-state index in [0.29, 0.717) is 31.9 Å². The minimum Gasteiger partial charge on any atom is -0.490 e. The Kier molecular flexibility index (Phi) is 8.54. The second-order valence-electron chi connectivity index (χ2n) is 12.6. The molecule has 4 unspecified atom stereocenters. The molecule has 1 amide bonds. The maximum atomic E-state index is 13.5.